The van der Waals surface area contributed by atoms with Gasteiger partial charge in [0, 0.05) is 0 Å². The number of aliphatic hydroxyl groups excluding tert-OH is 2. The summed E-state index contributed by atoms with van der Waals surface area (Å²) in [5.74, 6) is 9.25. The van der Waals surface area contributed by atoms with E-state index >= 15 is 0 Å². The summed E-state index contributed by atoms with van der Waals surface area (Å²) in [5, 5.41) is 20.9. The Morgan fingerprint density at radius 3 is 1.41 bits per heavy atom. The summed E-state index contributed by atoms with van der Waals surface area (Å²) in [6, 6.07) is 0. The van der Waals surface area contributed by atoms with Gasteiger partial charge in [-0.3, -0.25) is 0 Å². The van der Waals surface area contributed by atoms with Crippen LogP contribution in [0.3, 0.4) is 0 Å². The molecule has 4 heteroatoms. The lowest BCUT2D eigenvalue weighted by Crippen LogP contribution is -2.51. The SMILES string of the molecule is C[C@@H](CC[C@H](C)CC[C@H]1O[C@H]2C[C@H]3[C@@H]4CC=C5C[C@@H](O)CC[C@]5(C)[C@H]4CC[C@]3(C)[C@H]2[C@@H]1C)CC[C@H]1O[C@H]2C[C@H]3[C@@H]4CC=C5C[C@@H](O)CC[C@]5(C)[C@H]4CC[C@]3(C)[C@H]2[C@@H]1C. The number of hydrogen-bond donors (Lipinski definition) is 2. The van der Waals surface area contributed by atoms with Crippen LogP contribution in [0, 0.1) is 92.7 Å². The highest BCUT2D eigenvalue weighted by molar-refractivity contribution is 5.28. The summed E-state index contributed by atoms with van der Waals surface area (Å²) in [7, 11) is 0. The molecule has 0 bridgehead atoms. The molecular formula is C54H86O4. The molecule has 22 atom stereocenters. The van der Waals surface area contributed by atoms with Gasteiger partial charge in [-0.25, -0.2) is 0 Å². The molecular weight excluding hydrogens is 713 g/mol. The third-order valence-corrected chi connectivity index (χ3v) is 22.4. The van der Waals surface area contributed by atoms with E-state index in [1.54, 1.807) is 11.1 Å². The Morgan fingerprint density at radius 1 is 0.586 bits per heavy atom. The van der Waals surface area contributed by atoms with Crippen LogP contribution in [0.1, 0.15) is 184 Å². The van der Waals surface area contributed by atoms with Gasteiger partial charge in [0.25, 0.3) is 0 Å². The normalized spacial score (nSPS) is 55.1. The van der Waals surface area contributed by atoms with Crippen LogP contribution in [-0.2, 0) is 9.47 Å². The molecule has 0 aromatic carbocycles. The molecule has 10 rings (SSSR count). The van der Waals surface area contributed by atoms with Crippen molar-refractivity contribution in [2.45, 2.75) is 220 Å². The minimum Gasteiger partial charge on any atom is -0.393 e. The first-order chi connectivity index (χ1) is 27.6. The predicted octanol–water partition coefficient (Wildman–Crippen LogP) is 12.5. The van der Waals surface area contributed by atoms with Gasteiger partial charge in [0.05, 0.1) is 36.6 Å². The fourth-order valence-electron chi connectivity index (χ4n) is 19.1. The molecule has 0 aromatic heterocycles. The van der Waals surface area contributed by atoms with Crippen molar-refractivity contribution >= 4 is 0 Å². The molecule has 0 spiro atoms. The molecule has 2 saturated heterocycles. The molecule has 8 aliphatic carbocycles. The molecule has 2 aliphatic heterocycles. The van der Waals surface area contributed by atoms with E-state index < -0.39 is 0 Å². The quantitative estimate of drug-likeness (QED) is 0.228. The summed E-state index contributed by atoms with van der Waals surface area (Å²) >= 11 is 0. The summed E-state index contributed by atoms with van der Waals surface area (Å²) in [5.41, 5.74) is 4.72. The van der Waals surface area contributed by atoms with Gasteiger partial charge in [0.1, 0.15) is 0 Å². The van der Waals surface area contributed by atoms with Crippen molar-refractivity contribution < 1.29 is 19.7 Å². The Labute approximate surface area is 354 Å². The summed E-state index contributed by atoms with van der Waals surface area (Å²) < 4.78 is 14.2. The fourth-order valence-corrected chi connectivity index (χ4v) is 19.1. The van der Waals surface area contributed by atoms with Crippen LogP contribution in [0.25, 0.3) is 0 Å². The largest absolute Gasteiger partial charge is 0.393 e. The zero-order valence-corrected chi connectivity index (χ0v) is 38.4. The van der Waals surface area contributed by atoms with E-state index in [1.807, 2.05) is 0 Å². The molecule has 58 heavy (non-hydrogen) atoms. The summed E-state index contributed by atoms with van der Waals surface area (Å²) in [4.78, 5) is 0. The van der Waals surface area contributed by atoms with Crippen LogP contribution in [0.5, 0.6) is 0 Å². The van der Waals surface area contributed by atoms with Crippen molar-refractivity contribution in [3.8, 4) is 0 Å². The van der Waals surface area contributed by atoms with Crippen molar-refractivity contribution in [3.05, 3.63) is 23.3 Å². The zero-order valence-electron chi connectivity index (χ0n) is 38.4. The molecule has 2 heterocycles. The number of fused-ring (bicyclic) bond motifs is 14. The number of aliphatic hydroxyl groups is 2. The Hall–Kier alpha value is -0.680. The maximum atomic E-state index is 10.5. The topological polar surface area (TPSA) is 58.9 Å². The van der Waals surface area contributed by atoms with Crippen LogP contribution in [-0.4, -0.2) is 46.8 Å². The third kappa shape index (κ3) is 6.35. The second-order valence-corrected chi connectivity index (χ2v) is 25.0. The molecule has 0 radical (unpaired) electrons. The Bertz CT molecular complexity index is 1480. The lowest BCUT2D eigenvalue weighted by Gasteiger charge is -2.58. The number of rotatable bonds is 9. The number of allylic oxidation sites excluding steroid dienone is 2. The average molecular weight is 799 g/mol. The Morgan fingerprint density at radius 2 is 1.00 bits per heavy atom. The zero-order chi connectivity index (χ0) is 40.5. The first kappa shape index (κ1) is 41.3. The Kier molecular flexibility index (Phi) is 10.7. The highest BCUT2D eigenvalue weighted by atomic mass is 16.5. The lowest BCUT2D eigenvalue weighted by atomic mass is 9.47. The van der Waals surface area contributed by atoms with Gasteiger partial charge in [-0.1, -0.05) is 91.5 Å². The molecule has 0 amide bonds. The first-order valence-corrected chi connectivity index (χ1v) is 25.7. The monoisotopic (exact) mass is 799 g/mol. The molecule has 326 valence electrons. The predicted molar refractivity (Wildman–Crippen MR) is 235 cm³/mol. The van der Waals surface area contributed by atoms with Crippen LogP contribution >= 0.6 is 0 Å². The van der Waals surface area contributed by atoms with Crippen molar-refractivity contribution in [1.29, 1.82) is 0 Å². The van der Waals surface area contributed by atoms with Gasteiger partial charge < -0.3 is 19.7 Å². The van der Waals surface area contributed by atoms with Crippen molar-refractivity contribution in [2.75, 3.05) is 0 Å². The second-order valence-electron chi connectivity index (χ2n) is 25.0. The van der Waals surface area contributed by atoms with E-state index in [2.05, 4.69) is 67.5 Å². The minimum atomic E-state index is -0.112. The Balaban J connectivity index is 0.675. The molecule has 4 nitrogen and oxygen atoms in total. The van der Waals surface area contributed by atoms with Crippen LogP contribution in [0.15, 0.2) is 23.3 Å². The third-order valence-electron chi connectivity index (χ3n) is 22.4. The van der Waals surface area contributed by atoms with Gasteiger partial charge >= 0.3 is 0 Å². The highest BCUT2D eigenvalue weighted by Crippen LogP contribution is 2.71. The average Bonchev–Trinajstić information content (AvgIpc) is 3.88. The lowest BCUT2D eigenvalue weighted by molar-refractivity contribution is -0.0590. The van der Waals surface area contributed by atoms with Crippen LogP contribution in [0.4, 0.5) is 0 Å². The van der Waals surface area contributed by atoms with E-state index in [0.717, 1.165) is 84.9 Å². The van der Waals surface area contributed by atoms with Crippen molar-refractivity contribution in [2.24, 2.45) is 92.7 Å². The van der Waals surface area contributed by atoms with Gasteiger partial charge in [-0.15, -0.1) is 0 Å². The number of ether oxygens (including phenoxy) is 2. The van der Waals surface area contributed by atoms with Gasteiger partial charge in [0.2, 0.25) is 0 Å². The maximum Gasteiger partial charge on any atom is 0.0618 e. The maximum absolute atomic E-state index is 10.5. The smallest absolute Gasteiger partial charge is 0.0618 e. The summed E-state index contributed by atoms with van der Waals surface area (Å²) in [6.07, 6.45) is 31.5. The highest BCUT2D eigenvalue weighted by Gasteiger charge is 2.66. The molecule has 0 aromatic rings. The van der Waals surface area contributed by atoms with Gasteiger partial charge in [-0.2, -0.15) is 0 Å². The standard InChI is InChI=1S/C54H86O4/c1-31(11-17-45-33(3)49-47(57-45)29-43-39-15-13-35-27-37(55)19-23-51(35,5)41(39)21-25-53(43,49)7)9-10-32(2)12-18-46-34(4)50-48(58-46)30-44-40-16-14-36-28-38(56)20-24-52(36,6)42(40)22-26-54(44,50)8/h13-14,31-34,37-50,55-56H,9-12,15-30H2,1-8H3/t31-,32-,33+,34+,37-,38-,39+,40+,41-,42-,43-,44-,45+,46+,47-,48-,49-,50-,51-,52-,53-,54-/m0/s1. The second kappa shape index (κ2) is 15.0. The van der Waals surface area contributed by atoms with Crippen LogP contribution < -0.4 is 0 Å². The number of hydrogen-bond acceptors (Lipinski definition) is 4. The summed E-state index contributed by atoms with van der Waals surface area (Å²) in [6.45, 7) is 20.7. The van der Waals surface area contributed by atoms with Crippen molar-refractivity contribution in [3.63, 3.8) is 0 Å². The fraction of sp³-hybridized carbons (Fsp3) is 0.926. The van der Waals surface area contributed by atoms with Gasteiger partial charge in [-0.05, 0) is 208 Å². The van der Waals surface area contributed by atoms with Crippen LogP contribution in [0.2, 0.25) is 0 Å². The van der Waals surface area contributed by atoms with Crippen molar-refractivity contribution in [1.82, 2.24) is 0 Å². The van der Waals surface area contributed by atoms with E-state index in [4.69, 9.17) is 9.47 Å². The van der Waals surface area contributed by atoms with E-state index in [0.29, 0.717) is 57.9 Å². The van der Waals surface area contributed by atoms with E-state index in [-0.39, 0.29) is 12.2 Å². The molecule has 6 saturated carbocycles. The first-order valence-electron chi connectivity index (χ1n) is 25.7. The molecule has 2 N–H and O–H groups in total. The van der Waals surface area contributed by atoms with E-state index in [9.17, 15) is 10.2 Å². The molecule has 8 fully saturated rings. The molecule has 0 unspecified atom stereocenters. The minimum absolute atomic E-state index is 0.112. The van der Waals surface area contributed by atoms with Gasteiger partial charge in [0.15, 0.2) is 0 Å². The molecule has 10 aliphatic rings. The van der Waals surface area contributed by atoms with E-state index in [1.165, 1.54) is 103 Å².